The molecule has 4 aliphatic carbocycles. The Hall–Kier alpha value is -5.50. The maximum Gasteiger partial charge on any atom is 0.260 e. The van der Waals surface area contributed by atoms with Crippen molar-refractivity contribution in [2.24, 2.45) is 10.1 Å². The lowest BCUT2D eigenvalue weighted by Crippen LogP contribution is -2.51. The number of H-pyrrole nitrogens is 1. The fourth-order valence-electron chi connectivity index (χ4n) is 6.52. The Morgan fingerprint density at radius 2 is 1.73 bits per heavy atom. The van der Waals surface area contributed by atoms with Gasteiger partial charge in [-0.3, -0.25) is 24.0 Å². The number of rotatable bonds is 3. The van der Waals surface area contributed by atoms with Crippen molar-refractivity contribution in [2.45, 2.75) is 18.3 Å². The third-order valence-electron chi connectivity index (χ3n) is 8.43. The largest absolute Gasteiger partial charge is 0.510 e. The highest BCUT2D eigenvalue weighted by Crippen LogP contribution is 2.56. The highest BCUT2D eigenvalue weighted by Gasteiger charge is 2.53. The van der Waals surface area contributed by atoms with Crippen molar-refractivity contribution in [1.82, 2.24) is 15.7 Å². The Bertz CT molecular complexity index is 2550. The van der Waals surface area contributed by atoms with Crippen molar-refractivity contribution < 1.29 is 20.1 Å². The molecule has 0 amide bonds. The highest BCUT2D eigenvalue weighted by molar-refractivity contribution is 6.37. The van der Waals surface area contributed by atoms with Crippen LogP contribution in [-0.4, -0.2) is 52.7 Å². The van der Waals surface area contributed by atoms with E-state index in [4.69, 9.17) is 16.3 Å². The van der Waals surface area contributed by atoms with Crippen LogP contribution in [0.1, 0.15) is 23.2 Å². The van der Waals surface area contributed by atoms with E-state index in [2.05, 4.69) is 25.8 Å². The number of ether oxygens (including phenoxy) is 1. The maximum absolute atomic E-state index is 13.6. The number of hydrogen-bond donors (Lipinski definition) is 6. The second-order valence-electron chi connectivity index (χ2n) is 10.6. The van der Waals surface area contributed by atoms with Crippen molar-refractivity contribution >= 4 is 46.1 Å². The molecular weight excluding hydrogens is 598 g/mol. The normalized spacial score (nSPS) is 18.8. The number of hydrazone groups is 1. The molecule has 1 spiro atoms. The zero-order valence-electron chi connectivity index (χ0n) is 22.6. The quantitative estimate of drug-likeness (QED) is 0.110. The second-order valence-corrected chi connectivity index (χ2v) is 10.9. The van der Waals surface area contributed by atoms with E-state index in [0.717, 1.165) is 13.2 Å². The fraction of sp³-hybridized carbons (Fsp3) is 0.207. The summed E-state index contributed by atoms with van der Waals surface area (Å²) in [7, 11) is 1.11. The fourth-order valence-corrected chi connectivity index (χ4v) is 6.86. The molecule has 1 atom stereocenters. The molecule has 1 aromatic carbocycles. The van der Waals surface area contributed by atoms with Crippen LogP contribution in [0.5, 0.6) is 11.5 Å². The van der Waals surface area contributed by atoms with Crippen LogP contribution < -0.4 is 53.2 Å². The van der Waals surface area contributed by atoms with E-state index in [9.17, 15) is 39.3 Å². The molecule has 7 rings (SSSR count). The van der Waals surface area contributed by atoms with Crippen LogP contribution in [0, 0.1) is 10.4 Å². The molecule has 1 aliphatic heterocycles. The highest BCUT2D eigenvalue weighted by atomic mass is 35.5. The van der Waals surface area contributed by atoms with Crippen molar-refractivity contribution in [2.75, 3.05) is 20.2 Å². The molecule has 6 N–H and O–H groups in total. The van der Waals surface area contributed by atoms with Crippen LogP contribution in [0.2, 0.25) is 5.02 Å². The predicted molar refractivity (Wildman–Crippen MR) is 159 cm³/mol. The summed E-state index contributed by atoms with van der Waals surface area (Å²) in [5, 5.41) is 38.7. The number of aliphatic imine (C=N–C) groups is 1. The number of pyridine rings is 1. The summed E-state index contributed by atoms with van der Waals surface area (Å²) >= 11 is 6.78. The molecular formula is C29H20ClN5O9. The van der Waals surface area contributed by atoms with Gasteiger partial charge in [-0.25, -0.2) is 10.4 Å². The maximum atomic E-state index is 13.6. The van der Waals surface area contributed by atoms with Gasteiger partial charge in [-0.1, -0.05) is 11.6 Å². The molecule has 44 heavy (non-hydrogen) atoms. The average Bonchev–Trinajstić information content (AvgIpc) is 3.71. The van der Waals surface area contributed by atoms with E-state index >= 15 is 0 Å². The van der Waals surface area contributed by atoms with Gasteiger partial charge in [0.05, 0.1) is 56.8 Å². The van der Waals surface area contributed by atoms with E-state index < -0.39 is 76.6 Å². The summed E-state index contributed by atoms with van der Waals surface area (Å²) in [6, 6.07) is 2.25. The van der Waals surface area contributed by atoms with Crippen LogP contribution in [0.3, 0.4) is 0 Å². The number of aliphatic hydroxyl groups excluding tert-OH is 2. The number of halogens is 1. The Morgan fingerprint density at radius 1 is 1.02 bits per heavy atom. The van der Waals surface area contributed by atoms with Gasteiger partial charge in [-0.05, 0) is 24.5 Å². The first-order valence-corrected chi connectivity index (χ1v) is 13.6. The third-order valence-corrected chi connectivity index (χ3v) is 8.86. The smallest absolute Gasteiger partial charge is 0.260 e. The minimum Gasteiger partial charge on any atom is -0.510 e. The summed E-state index contributed by atoms with van der Waals surface area (Å²) in [6.45, 7) is 1.25. The topological polar surface area (TPSA) is 220 Å². The summed E-state index contributed by atoms with van der Waals surface area (Å²) in [6.07, 6.45) is 1.19. The van der Waals surface area contributed by atoms with Gasteiger partial charge in [-0.2, -0.15) is 5.10 Å². The summed E-state index contributed by atoms with van der Waals surface area (Å²) in [5.41, 5.74) is -4.15. The third kappa shape index (κ3) is 3.33. The molecule has 0 fully saturated rings. The number of nitrogens with one attached hydrogen (secondary N) is 3. The van der Waals surface area contributed by atoms with Gasteiger partial charge in [0.25, 0.3) is 5.56 Å². The van der Waals surface area contributed by atoms with Gasteiger partial charge in [0, 0.05) is 23.6 Å². The first-order valence-electron chi connectivity index (χ1n) is 13.3. The van der Waals surface area contributed by atoms with Crippen LogP contribution in [0.25, 0.3) is 22.3 Å². The van der Waals surface area contributed by atoms with Crippen LogP contribution in [-0.2, 0) is 11.8 Å². The second kappa shape index (κ2) is 9.25. The SMILES string of the molecule is COc1cc(=O)c2c(=O)c3c(c(=O)c=2c1=O)=C(O)[C@]1(CCc2c1c(O)c1c(=O)[nH]c(/C=N/NC4=NCCN4)cc1c2Cl)C=3O. The molecule has 0 saturated carbocycles. The summed E-state index contributed by atoms with van der Waals surface area (Å²) in [5.74, 6) is -2.28. The molecule has 0 saturated heterocycles. The molecule has 5 aliphatic rings. The standard InChI is InChI=1S/C29H20ClN5O9/c1-44-13-7-12(36)15-16(21(13)37)23(39)18-17(22(15)38)25(41)29(26(18)42)3-2-10-19(29)24(40)14-11(20(10)30)6-9(34-27(14)43)8-33-35-28-31-4-5-32-28/h6-8,40-42H,2-5H2,1H3,(H,34,43)(H2,31,32,35)/b33-8+/t29-/m0/s1. The van der Waals surface area contributed by atoms with Gasteiger partial charge in [-0.15, -0.1) is 0 Å². The van der Waals surface area contributed by atoms with Crippen molar-refractivity contribution in [1.29, 1.82) is 0 Å². The number of phenols is 1. The van der Waals surface area contributed by atoms with Crippen molar-refractivity contribution in [3.8, 4) is 11.5 Å². The number of aromatic hydroxyl groups is 1. The number of benzene rings is 1. The lowest BCUT2D eigenvalue weighted by molar-refractivity contribution is 0.362. The molecule has 222 valence electrons. The van der Waals surface area contributed by atoms with Crippen LogP contribution in [0.15, 0.2) is 46.2 Å². The van der Waals surface area contributed by atoms with Gasteiger partial charge in [0.15, 0.2) is 11.2 Å². The number of fused-ring (bicyclic) bond motifs is 4. The van der Waals surface area contributed by atoms with E-state index in [1.165, 1.54) is 12.3 Å². The van der Waals surface area contributed by atoms with E-state index in [1.54, 1.807) is 0 Å². The Morgan fingerprint density at radius 3 is 2.39 bits per heavy atom. The van der Waals surface area contributed by atoms with Gasteiger partial charge in [0.1, 0.15) is 22.7 Å². The van der Waals surface area contributed by atoms with Gasteiger partial charge < -0.3 is 30.4 Å². The molecule has 15 heteroatoms. The molecule has 14 nitrogen and oxygen atoms in total. The minimum absolute atomic E-state index is 0.0278. The lowest BCUT2D eigenvalue weighted by atomic mass is 9.78. The minimum atomic E-state index is -2.06. The van der Waals surface area contributed by atoms with E-state index in [0.29, 0.717) is 19.0 Å². The molecule has 2 aromatic rings. The zero-order chi connectivity index (χ0) is 31.2. The molecule has 0 bridgehead atoms. The number of aliphatic hydroxyl groups is 2. The number of aromatic amines is 1. The number of phenolic OH excluding ortho intramolecular Hbond substituents is 1. The molecule has 0 unspecified atom stereocenters. The number of aromatic nitrogens is 1. The average molecular weight is 618 g/mol. The monoisotopic (exact) mass is 617 g/mol. The van der Waals surface area contributed by atoms with E-state index in [1.807, 2.05) is 0 Å². The predicted octanol–water partition coefficient (Wildman–Crippen LogP) is -1.95. The first kappa shape index (κ1) is 27.3. The first-order chi connectivity index (χ1) is 21.0. The number of methoxy groups -OCH3 is 1. The molecule has 2 heterocycles. The van der Waals surface area contributed by atoms with Gasteiger partial charge in [0.2, 0.25) is 22.2 Å². The Balaban J connectivity index is 1.51. The number of nitrogens with zero attached hydrogens (tertiary/aromatic N) is 2. The lowest BCUT2D eigenvalue weighted by Gasteiger charge is -2.27. The summed E-state index contributed by atoms with van der Waals surface area (Å²) in [4.78, 5) is 72.9. The molecule has 1 aromatic heterocycles. The Labute approximate surface area is 247 Å². The van der Waals surface area contributed by atoms with Crippen LogP contribution in [0.4, 0.5) is 0 Å². The van der Waals surface area contributed by atoms with Crippen molar-refractivity contribution in [3.05, 3.63) is 106 Å². The number of hydrogen-bond acceptors (Lipinski definition) is 13. The van der Waals surface area contributed by atoms with Gasteiger partial charge >= 0.3 is 0 Å². The zero-order valence-corrected chi connectivity index (χ0v) is 23.4. The summed E-state index contributed by atoms with van der Waals surface area (Å²) < 4.78 is 4.89. The number of guanidine groups is 1. The van der Waals surface area contributed by atoms with Crippen LogP contribution >= 0.6 is 11.6 Å². The Kier molecular flexibility index (Phi) is 5.75. The molecule has 0 radical (unpaired) electrons. The van der Waals surface area contributed by atoms with Crippen molar-refractivity contribution in [3.63, 3.8) is 0 Å². The van der Waals surface area contributed by atoms with E-state index in [-0.39, 0.29) is 45.5 Å².